The maximum absolute atomic E-state index is 5.76. The summed E-state index contributed by atoms with van der Waals surface area (Å²) in [5.74, 6) is 0.341. The Kier molecular flexibility index (Phi) is 3.13. The van der Waals surface area contributed by atoms with Crippen molar-refractivity contribution in [2.75, 3.05) is 18.1 Å². The fraction of sp³-hybridized carbons (Fsp3) is 0.250. The third kappa shape index (κ3) is 2.88. The van der Waals surface area contributed by atoms with E-state index in [0.29, 0.717) is 12.0 Å². The van der Waals surface area contributed by atoms with Gasteiger partial charge >= 0.3 is 0 Å². The first-order chi connectivity index (χ1) is 9.22. The van der Waals surface area contributed by atoms with Crippen molar-refractivity contribution in [1.82, 2.24) is 0 Å². The minimum Gasteiger partial charge on any atom is -0.399 e. The van der Waals surface area contributed by atoms with E-state index in [9.17, 15) is 0 Å². The predicted molar refractivity (Wildman–Crippen MR) is 77.9 cm³/mol. The third-order valence-electron chi connectivity index (χ3n) is 3.58. The monoisotopic (exact) mass is 254 g/mol. The van der Waals surface area contributed by atoms with Crippen LogP contribution in [0.4, 0.5) is 11.4 Å². The molecule has 0 radical (unpaired) electrons. The Labute approximate surface area is 113 Å². The topological polar surface area (TPSA) is 64.6 Å². The molecular formula is C16H18N2O. The first-order valence-electron chi connectivity index (χ1n) is 6.55. The molecule has 0 amide bonds. The fourth-order valence-corrected chi connectivity index (χ4v) is 2.39. The van der Waals surface area contributed by atoms with E-state index < -0.39 is 0 Å². The number of anilines is 2. The molecule has 1 unspecified atom stereocenters. The molecule has 98 valence electrons. The fourth-order valence-electron chi connectivity index (χ4n) is 2.39. The number of rotatable bonds is 4. The lowest BCUT2D eigenvalue weighted by molar-refractivity contribution is 0.388. The molecule has 0 aliphatic carbocycles. The van der Waals surface area contributed by atoms with E-state index in [-0.39, 0.29) is 0 Å². The smallest absolute Gasteiger partial charge is 0.0819 e. The van der Waals surface area contributed by atoms with Crippen molar-refractivity contribution in [2.45, 2.75) is 18.4 Å². The zero-order chi connectivity index (χ0) is 13.2. The molecule has 1 fully saturated rings. The molecule has 0 bridgehead atoms. The Morgan fingerprint density at radius 2 is 1.32 bits per heavy atom. The molecule has 1 heterocycles. The Balaban J connectivity index is 1.91. The van der Waals surface area contributed by atoms with Crippen LogP contribution >= 0.6 is 0 Å². The van der Waals surface area contributed by atoms with Crippen molar-refractivity contribution >= 4 is 11.4 Å². The van der Waals surface area contributed by atoms with Gasteiger partial charge in [0, 0.05) is 17.3 Å². The molecular weight excluding hydrogens is 236 g/mol. The highest BCUT2D eigenvalue weighted by Gasteiger charge is 2.28. The van der Waals surface area contributed by atoms with Gasteiger partial charge in [-0.15, -0.1) is 0 Å². The van der Waals surface area contributed by atoms with E-state index in [1.165, 1.54) is 11.1 Å². The van der Waals surface area contributed by atoms with Gasteiger partial charge in [-0.25, -0.2) is 0 Å². The molecule has 4 N–H and O–H groups in total. The van der Waals surface area contributed by atoms with Crippen LogP contribution < -0.4 is 11.5 Å². The molecule has 1 saturated heterocycles. The van der Waals surface area contributed by atoms with E-state index >= 15 is 0 Å². The van der Waals surface area contributed by atoms with Crippen LogP contribution in [0.15, 0.2) is 48.5 Å². The molecule has 3 nitrogen and oxygen atoms in total. The third-order valence-corrected chi connectivity index (χ3v) is 3.58. The number of hydrogen-bond donors (Lipinski definition) is 2. The number of ether oxygens (including phenoxy) is 1. The Morgan fingerprint density at radius 1 is 0.895 bits per heavy atom. The Hall–Kier alpha value is -2.00. The van der Waals surface area contributed by atoms with Crippen molar-refractivity contribution in [3.8, 4) is 0 Å². The predicted octanol–water partition coefficient (Wildman–Crippen LogP) is 2.77. The summed E-state index contributed by atoms with van der Waals surface area (Å²) in [6.45, 7) is 0.875. The maximum atomic E-state index is 5.76. The zero-order valence-corrected chi connectivity index (χ0v) is 10.8. The highest BCUT2D eigenvalue weighted by molar-refractivity contribution is 5.45. The summed E-state index contributed by atoms with van der Waals surface area (Å²) in [4.78, 5) is 0. The van der Waals surface area contributed by atoms with E-state index in [2.05, 4.69) is 24.3 Å². The molecule has 3 rings (SSSR count). The van der Waals surface area contributed by atoms with Gasteiger partial charge in [-0.3, -0.25) is 0 Å². The molecule has 0 spiro atoms. The summed E-state index contributed by atoms with van der Waals surface area (Å²) in [6.07, 6.45) is 1.40. The van der Waals surface area contributed by atoms with Gasteiger partial charge in [0.05, 0.1) is 12.7 Å². The highest BCUT2D eigenvalue weighted by atomic mass is 16.6. The Morgan fingerprint density at radius 3 is 1.68 bits per heavy atom. The highest BCUT2D eigenvalue weighted by Crippen LogP contribution is 2.33. The number of benzene rings is 2. The van der Waals surface area contributed by atoms with E-state index in [1.54, 1.807) is 0 Å². The van der Waals surface area contributed by atoms with E-state index in [1.807, 2.05) is 24.3 Å². The summed E-state index contributed by atoms with van der Waals surface area (Å²) in [6, 6.07) is 16.2. The second kappa shape index (κ2) is 4.94. The van der Waals surface area contributed by atoms with Crippen LogP contribution in [0.1, 0.15) is 23.5 Å². The minimum atomic E-state index is 0.341. The molecule has 19 heavy (non-hydrogen) atoms. The SMILES string of the molecule is Nc1ccc(C(CC2CO2)c2ccc(N)cc2)cc1. The van der Waals surface area contributed by atoms with Crippen LogP contribution in [-0.2, 0) is 4.74 Å². The molecule has 2 aromatic carbocycles. The summed E-state index contributed by atoms with van der Waals surface area (Å²) in [5, 5.41) is 0. The largest absolute Gasteiger partial charge is 0.399 e. The van der Waals surface area contributed by atoms with Crippen molar-refractivity contribution in [2.24, 2.45) is 0 Å². The minimum absolute atomic E-state index is 0.341. The standard InChI is InChI=1S/C16H18N2O/c17-13-5-1-11(2-6-13)16(9-15-10-19-15)12-3-7-14(18)8-4-12/h1-8,15-16H,9-10,17-18H2. The van der Waals surface area contributed by atoms with Crippen LogP contribution in [0.5, 0.6) is 0 Å². The van der Waals surface area contributed by atoms with Crippen molar-refractivity contribution < 1.29 is 4.74 Å². The van der Waals surface area contributed by atoms with Gasteiger partial charge in [0.1, 0.15) is 0 Å². The molecule has 1 aliphatic heterocycles. The first-order valence-corrected chi connectivity index (χ1v) is 6.55. The summed E-state index contributed by atoms with van der Waals surface area (Å²) < 4.78 is 5.38. The van der Waals surface area contributed by atoms with Crippen LogP contribution in [0.25, 0.3) is 0 Å². The summed E-state index contributed by atoms with van der Waals surface area (Å²) in [7, 11) is 0. The Bertz CT molecular complexity index is 498. The van der Waals surface area contributed by atoms with E-state index in [0.717, 1.165) is 24.4 Å². The molecule has 1 aliphatic rings. The summed E-state index contributed by atoms with van der Waals surface area (Å²) >= 11 is 0. The van der Waals surface area contributed by atoms with Gasteiger partial charge in [-0.2, -0.15) is 0 Å². The van der Waals surface area contributed by atoms with Crippen molar-refractivity contribution in [3.63, 3.8) is 0 Å². The lowest BCUT2D eigenvalue weighted by atomic mass is 9.87. The van der Waals surface area contributed by atoms with Gasteiger partial charge in [-0.1, -0.05) is 24.3 Å². The molecule has 0 saturated carbocycles. The van der Waals surface area contributed by atoms with Crippen LogP contribution in [0, 0.1) is 0 Å². The van der Waals surface area contributed by atoms with Crippen molar-refractivity contribution in [1.29, 1.82) is 0 Å². The van der Waals surface area contributed by atoms with Crippen molar-refractivity contribution in [3.05, 3.63) is 59.7 Å². The molecule has 3 heteroatoms. The van der Waals surface area contributed by atoms with Gasteiger partial charge < -0.3 is 16.2 Å². The maximum Gasteiger partial charge on any atom is 0.0819 e. The van der Waals surface area contributed by atoms with Crippen LogP contribution in [0.2, 0.25) is 0 Å². The average Bonchev–Trinajstić information content (AvgIpc) is 3.22. The van der Waals surface area contributed by atoms with Gasteiger partial charge in [0.15, 0.2) is 0 Å². The second-order valence-electron chi connectivity index (χ2n) is 5.08. The average molecular weight is 254 g/mol. The van der Waals surface area contributed by atoms with Gasteiger partial charge in [0.25, 0.3) is 0 Å². The van der Waals surface area contributed by atoms with Crippen LogP contribution in [0.3, 0.4) is 0 Å². The molecule has 0 aromatic heterocycles. The number of nitrogens with two attached hydrogens (primary N) is 2. The quantitative estimate of drug-likeness (QED) is 0.651. The van der Waals surface area contributed by atoms with Crippen LogP contribution in [-0.4, -0.2) is 12.7 Å². The number of nitrogen functional groups attached to an aromatic ring is 2. The number of epoxide rings is 1. The normalized spacial score (nSPS) is 17.6. The molecule has 1 atom stereocenters. The van der Waals surface area contributed by atoms with Gasteiger partial charge in [-0.05, 0) is 41.8 Å². The zero-order valence-electron chi connectivity index (χ0n) is 10.8. The summed E-state index contributed by atoms with van der Waals surface area (Å²) in [5.41, 5.74) is 15.6. The second-order valence-corrected chi connectivity index (χ2v) is 5.08. The number of hydrogen-bond acceptors (Lipinski definition) is 3. The van der Waals surface area contributed by atoms with E-state index in [4.69, 9.17) is 16.2 Å². The lowest BCUT2D eigenvalue weighted by Crippen LogP contribution is -2.05. The lowest BCUT2D eigenvalue weighted by Gasteiger charge is -2.17. The van der Waals surface area contributed by atoms with Gasteiger partial charge in [0.2, 0.25) is 0 Å². The molecule has 2 aromatic rings. The first kappa shape index (κ1) is 12.1.